The molecule has 0 aromatic heterocycles. The van der Waals surface area contributed by atoms with Crippen molar-refractivity contribution in [3.63, 3.8) is 0 Å². The first-order chi connectivity index (χ1) is 8.35. The van der Waals surface area contributed by atoms with E-state index in [1.54, 1.807) is 6.92 Å². The number of carboxylic acid groups (broad SMARTS) is 1. The van der Waals surface area contributed by atoms with E-state index < -0.39 is 11.5 Å². The van der Waals surface area contributed by atoms with E-state index >= 15 is 0 Å². The molecule has 1 heterocycles. The first kappa shape index (κ1) is 14.5. The molecule has 0 radical (unpaired) electrons. The second-order valence-electron chi connectivity index (χ2n) is 4.71. The van der Waals surface area contributed by atoms with Gasteiger partial charge in [0.15, 0.2) is 0 Å². The minimum absolute atomic E-state index is 0.0651. The van der Waals surface area contributed by atoms with E-state index in [-0.39, 0.29) is 18.4 Å². The van der Waals surface area contributed by atoms with Crippen LogP contribution in [-0.2, 0) is 14.4 Å². The minimum Gasteiger partial charge on any atom is -0.479 e. The molecule has 0 aromatic carbocycles. The van der Waals surface area contributed by atoms with Crippen LogP contribution in [0.2, 0.25) is 0 Å². The van der Waals surface area contributed by atoms with E-state index in [0.29, 0.717) is 25.8 Å². The number of rotatable bonds is 4. The molecule has 102 valence electrons. The van der Waals surface area contributed by atoms with Crippen molar-refractivity contribution in [2.75, 3.05) is 20.1 Å². The molecule has 18 heavy (non-hydrogen) atoms. The standard InChI is InChI=1S/C12H20N2O4/c1-4-12(11(17)18)6-5-7-14(12)10(16)8-13(3)9(2)15/h4-8H2,1-3H3,(H,17,18). The Kier molecular flexibility index (Phi) is 4.32. The zero-order valence-corrected chi connectivity index (χ0v) is 11.1. The van der Waals surface area contributed by atoms with Gasteiger partial charge in [-0.15, -0.1) is 0 Å². The molecule has 0 aliphatic carbocycles. The summed E-state index contributed by atoms with van der Waals surface area (Å²) in [6, 6.07) is 0. The first-order valence-corrected chi connectivity index (χ1v) is 6.10. The van der Waals surface area contributed by atoms with Crippen LogP contribution < -0.4 is 0 Å². The molecule has 1 unspecified atom stereocenters. The Morgan fingerprint density at radius 3 is 2.44 bits per heavy atom. The highest BCUT2D eigenvalue weighted by Gasteiger charge is 2.48. The minimum atomic E-state index is -1.09. The summed E-state index contributed by atoms with van der Waals surface area (Å²) in [7, 11) is 1.53. The van der Waals surface area contributed by atoms with Gasteiger partial charge in [-0.05, 0) is 19.3 Å². The number of hydrogen-bond acceptors (Lipinski definition) is 3. The number of likely N-dealkylation sites (N-methyl/N-ethyl adjacent to an activating group) is 1. The number of amides is 2. The Bertz CT molecular complexity index is 369. The lowest BCUT2D eigenvalue weighted by Gasteiger charge is -2.34. The van der Waals surface area contributed by atoms with Gasteiger partial charge < -0.3 is 14.9 Å². The molecular formula is C12H20N2O4. The number of likely N-dealkylation sites (tertiary alicyclic amines) is 1. The van der Waals surface area contributed by atoms with E-state index in [1.807, 2.05) is 0 Å². The van der Waals surface area contributed by atoms with Crippen LogP contribution in [0.15, 0.2) is 0 Å². The highest BCUT2D eigenvalue weighted by atomic mass is 16.4. The molecule has 6 heteroatoms. The van der Waals surface area contributed by atoms with Crippen molar-refractivity contribution >= 4 is 17.8 Å². The predicted molar refractivity (Wildman–Crippen MR) is 64.9 cm³/mol. The van der Waals surface area contributed by atoms with Crippen molar-refractivity contribution in [3.8, 4) is 0 Å². The van der Waals surface area contributed by atoms with E-state index in [4.69, 9.17) is 0 Å². The fraction of sp³-hybridized carbons (Fsp3) is 0.750. The van der Waals surface area contributed by atoms with Crippen LogP contribution in [-0.4, -0.2) is 58.4 Å². The average Bonchev–Trinajstić information content (AvgIpc) is 2.73. The van der Waals surface area contributed by atoms with Gasteiger partial charge >= 0.3 is 5.97 Å². The van der Waals surface area contributed by atoms with Crippen LogP contribution in [0.25, 0.3) is 0 Å². The quantitative estimate of drug-likeness (QED) is 0.785. The SMILES string of the molecule is CCC1(C(=O)O)CCCN1C(=O)CN(C)C(C)=O. The number of carbonyl (C=O) groups excluding carboxylic acids is 2. The molecule has 1 aliphatic heterocycles. The van der Waals surface area contributed by atoms with Crippen molar-refractivity contribution in [2.45, 2.75) is 38.6 Å². The maximum atomic E-state index is 12.1. The van der Waals surface area contributed by atoms with Gasteiger partial charge in [0.25, 0.3) is 0 Å². The summed E-state index contributed by atoms with van der Waals surface area (Å²) in [5.74, 6) is -1.46. The maximum Gasteiger partial charge on any atom is 0.329 e. The maximum absolute atomic E-state index is 12.1. The Hall–Kier alpha value is -1.59. The third-order valence-electron chi connectivity index (χ3n) is 3.68. The van der Waals surface area contributed by atoms with Gasteiger partial charge in [-0.3, -0.25) is 9.59 Å². The number of carboxylic acids is 1. The van der Waals surface area contributed by atoms with Gasteiger partial charge in [0, 0.05) is 20.5 Å². The van der Waals surface area contributed by atoms with E-state index in [0.717, 1.165) is 0 Å². The van der Waals surface area contributed by atoms with Gasteiger partial charge in [-0.2, -0.15) is 0 Å². The average molecular weight is 256 g/mol. The van der Waals surface area contributed by atoms with Gasteiger partial charge in [0.05, 0.1) is 6.54 Å². The predicted octanol–water partition coefficient (Wildman–Crippen LogP) is 0.320. The summed E-state index contributed by atoms with van der Waals surface area (Å²) in [5.41, 5.74) is -1.09. The largest absolute Gasteiger partial charge is 0.479 e. The molecule has 1 saturated heterocycles. The molecule has 1 rings (SSSR count). The molecule has 0 spiro atoms. The second kappa shape index (κ2) is 5.37. The second-order valence-corrected chi connectivity index (χ2v) is 4.71. The van der Waals surface area contributed by atoms with Crippen molar-refractivity contribution < 1.29 is 19.5 Å². The van der Waals surface area contributed by atoms with Gasteiger partial charge in [-0.1, -0.05) is 6.92 Å². The van der Waals surface area contributed by atoms with Crippen molar-refractivity contribution in [1.29, 1.82) is 0 Å². The van der Waals surface area contributed by atoms with Gasteiger partial charge in [-0.25, -0.2) is 4.79 Å². The van der Waals surface area contributed by atoms with E-state index in [2.05, 4.69) is 0 Å². The molecule has 1 aliphatic rings. The molecule has 0 aromatic rings. The van der Waals surface area contributed by atoms with Crippen molar-refractivity contribution in [1.82, 2.24) is 9.80 Å². The molecule has 0 saturated carbocycles. The summed E-state index contributed by atoms with van der Waals surface area (Å²) in [6.07, 6.45) is 1.56. The van der Waals surface area contributed by atoms with Crippen LogP contribution in [0.5, 0.6) is 0 Å². The molecule has 1 atom stereocenters. The van der Waals surface area contributed by atoms with Crippen LogP contribution in [0.3, 0.4) is 0 Å². The lowest BCUT2D eigenvalue weighted by Crippen LogP contribution is -2.55. The number of carbonyl (C=O) groups is 3. The molecule has 1 N–H and O–H groups in total. The molecular weight excluding hydrogens is 236 g/mol. The summed E-state index contributed by atoms with van der Waals surface area (Å²) in [6.45, 7) is 3.53. The fourth-order valence-corrected chi connectivity index (χ4v) is 2.38. The summed E-state index contributed by atoms with van der Waals surface area (Å²) >= 11 is 0. The fourth-order valence-electron chi connectivity index (χ4n) is 2.38. The van der Waals surface area contributed by atoms with Gasteiger partial charge in [0.2, 0.25) is 11.8 Å². The Morgan fingerprint density at radius 2 is 2.00 bits per heavy atom. The summed E-state index contributed by atoms with van der Waals surface area (Å²) in [4.78, 5) is 37.3. The number of aliphatic carboxylic acids is 1. The summed E-state index contributed by atoms with van der Waals surface area (Å²) in [5, 5.41) is 9.35. The Balaban J connectivity index is 2.84. The first-order valence-electron chi connectivity index (χ1n) is 6.10. The third kappa shape index (κ3) is 2.47. The molecule has 1 fully saturated rings. The normalized spacial score (nSPS) is 22.9. The van der Waals surface area contributed by atoms with E-state index in [1.165, 1.54) is 23.8 Å². The van der Waals surface area contributed by atoms with Crippen LogP contribution in [0.4, 0.5) is 0 Å². The Morgan fingerprint density at radius 1 is 1.39 bits per heavy atom. The molecule has 2 amide bonds. The van der Waals surface area contributed by atoms with Gasteiger partial charge in [0.1, 0.15) is 5.54 Å². The smallest absolute Gasteiger partial charge is 0.329 e. The zero-order chi connectivity index (χ0) is 13.9. The molecule has 0 bridgehead atoms. The van der Waals surface area contributed by atoms with Crippen LogP contribution >= 0.6 is 0 Å². The van der Waals surface area contributed by atoms with Crippen molar-refractivity contribution in [3.05, 3.63) is 0 Å². The topological polar surface area (TPSA) is 77.9 Å². The van der Waals surface area contributed by atoms with Crippen molar-refractivity contribution in [2.24, 2.45) is 0 Å². The van der Waals surface area contributed by atoms with E-state index in [9.17, 15) is 19.5 Å². The Labute approximate surface area is 107 Å². The lowest BCUT2D eigenvalue weighted by atomic mass is 9.93. The molecule has 6 nitrogen and oxygen atoms in total. The third-order valence-corrected chi connectivity index (χ3v) is 3.68. The number of nitrogens with zero attached hydrogens (tertiary/aromatic N) is 2. The monoisotopic (exact) mass is 256 g/mol. The van der Waals surface area contributed by atoms with Crippen LogP contribution in [0.1, 0.15) is 33.1 Å². The highest BCUT2D eigenvalue weighted by molar-refractivity contribution is 5.90. The summed E-state index contributed by atoms with van der Waals surface area (Å²) < 4.78 is 0. The van der Waals surface area contributed by atoms with Crippen LogP contribution in [0, 0.1) is 0 Å². The lowest BCUT2D eigenvalue weighted by molar-refractivity contribution is -0.157. The zero-order valence-electron chi connectivity index (χ0n) is 11.1. The number of hydrogen-bond donors (Lipinski definition) is 1. The highest BCUT2D eigenvalue weighted by Crippen LogP contribution is 2.32.